The smallest absolute Gasteiger partial charge is 0.0698 e. The molecule has 0 bridgehead atoms. The number of likely N-dealkylation sites (tertiary alicyclic amines) is 1. The number of ether oxygens (including phenoxy) is 1. The summed E-state index contributed by atoms with van der Waals surface area (Å²) in [7, 11) is 1.84. The van der Waals surface area contributed by atoms with E-state index >= 15 is 0 Å². The highest BCUT2D eigenvalue weighted by molar-refractivity contribution is 4.82. The van der Waals surface area contributed by atoms with Crippen LogP contribution in [0.5, 0.6) is 0 Å². The van der Waals surface area contributed by atoms with Crippen molar-refractivity contribution in [3.63, 3.8) is 0 Å². The Kier molecular flexibility index (Phi) is 5.26. The molecule has 3 heteroatoms. The summed E-state index contributed by atoms with van der Waals surface area (Å²) >= 11 is 0. The van der Waals surface area contributed by atoms with Gasteiger partial charge in [-0.15, -0.1) is 0 Å². The largest absolute Gasteiger partial charge is 0.380 e. The lowest BCUT2D eigenvalue weighted by Gasteiger charge is -2.35. The van der Waals surface area contributed by atoms with E-state index in [1.807, 2.05) is 7.11 Å². The molecule has 1 heterocycles. The average molecular weight is 240 g/mol. The van der Waals surface area contributed by atoms with Crippen LogP contribution in [0.1, 0.15) is 44.9 Å². The van der Waals surface area contributed by atoms with Gasteiger partial charge in [0.1, 0.15) is 0 Å². The van der Waals surface area contributed by atoms with Gasteiger partial charge in [0.25, 0.3) is 0 Å². The molecule has 0 aromatic heterocycles. The van der Waals surface area contributed by atoms with Crippen molar-refractivity contribution >= 4 is 0 Å². The summed E-state index contributed by atoms with van der Waals surface area (Å²) < 4.78 is 5.49. The van der Waals surface area contributed by atoms with Crippen LogP contribution in [0, 0.1) is 5.92 Å². The Morgan fingerprint density at radius 1 is 1.12 bits per heavy atom. The molecule has 0 aromatic carbocycles. The Labute approximate surface area is 106 Å². The maximum absolute atomic E-state index is 6.31. The average Bonchev–Trinajstić information content (AvgIpc) is 2.55. The monoisotopic (exact) mass is 240 g/mol. The number of rotatable bonds is 3. The predicted octanol–water partition coefficient (Wildman–Crippen LogP) is 2.00. The summed E-state index contributed by atoms with van der Waals surface area (Å²) in [5.41, 5.74) is 6.31. The quantitative estimate of drug-likeness (QED) is 0.767. The highest BCUT2D eigenvalue weighted by Gasteiger charge is 2.26. The number of methoxy groups -OCH3 is 1. The molecule has 1 saturated heterocycles. The molecule has 17 heavy (non-hydrogen) atoms. The van der Waals surface area contributed by atoms with Gasteiger partial charge in [-0.3, -0.25) is 0 Å². The van der Waals surface area contributed by atoms with Crippen LogP contribution in [-0.2, 0) is 4.74 Å². The summed E-state index contributed by atoms with van der Waals surface area (Å²) in [6.07, 6.45) is 9.60. The molecule has 3 atom stereocenters. The van der Waals surface area contributed by atoms with Gasteiger partial charge in [0.2, 0.25) is 0 Å². The van der Waals surface area contributed by atoms with Crippen molar-refractivity contribution in [3.05, 3.63) is 0 Å². The van der Waals surface area contributed by atoms with Crippen molar-refractivity contribution < 1.29 is 4.74 Å². The molecule has 100 valence electrons. The normalized spacial score (nSPS) is 36.7. The Morgan fingerprint density at radius 3 is 2.76 bits per heavy atom. The molecule has 1 aliphatic carbocycles. The zero-order chi connectivity index (χ0) is 12.1. The Balaban J connectivity index is 1.81. The van der Waals surface area contributed by atoms with E-state index < -0.39 is 0 Å². The predicted molar refractivity (Wildman–Crippen MR) is 71.0 cm³/mol. The number of hydrogen-bond acceptors (Lipinski definition) is 3. The zero-order valence-corrected chi connectivity index (χ0v) is 11.2. The van der Waals surface area contributed by atoms with Crippen LogP contribution in [0.3, 0.4) is 0 Å². The molecule has 2 aliphatic rings. The third-order valence-corrected chi connectivity index (χ3v) is 4.51. The summed E-state index contributed by atoms with van der Waals surface area (Å²) in [6, 6.07) is 0.431. The summed E-state index contributed by atoms with van der Waals surface area (Å²) in [5, 5.41) is 0. The first-order chi connectivity index (χ1) is 8.29. The molecule has 0 spiro atoms. The standard InChI is InChI=1S/C14H28N2O/c1-17-13-7-5-9-16(11-13)10-12-6-3-2-4-8-14(12)15/h12-14H,2-11,15H2,1H3. The van der Waals surface area contributed by atoms with Crippen LogP contribution in [0.2, 0.25) is 0 Å². The maximum Gasteiger partial charge on any atom is 0.0698 e. The third-order valence-electron chi connectivity index (χ3n) is 4.51. The van der Waals surface area contributed by atoms with Gasteiger partial charge < -0.3 is 15.4 Å². The maximum atomic E-state index is 6.31. The molecular weight excluding hydrogens is 212 g/mol. The Hall–Kier alpha value is -0.120. The van der Waals surface area contributed by atoms with Crippen molar-refractivity contribution in [2.24, 2.45) is 11.7 Å². The minimum absolute atomic E-state index is 0.431. The van der Waals surface area contributed by atoms with Crippen molar-refractivity contribution in [1.82, 2.24) is 4.90 Å². The van der Waals surface area contributed by atoms with Crippen LogP contribution < -0.4 is 5.73 Å². The number of piperidine rings is 1. The fourth-order valence-corrected chi connectivity index (χ4v) is 3.34. The van der Waals surface area contributed by atoms with Gasteiger partial charge >= 0.3 is 0 Å². The summed E-state index contributed by atoms with van der Waals surface area (Å²) in [6.45, 7) is 3.55. The molecule has 1 aliphatic heterocycles. The molecule has 0 amide bonds. The number of hydrogen-bond donors (Lipinski definition) is 1. The third kappa shape index (κ3) is 3.94. The Bertz CT molecular complexity index is 222. The molecule has 0 radical (unpaired) electrons. The van der Waals surface area contributed by atoms with E-state index in [4.69, 9.17) is 10.5 Å². The van der Waals surface area contributed by atoms with E-state index in [0.29, 0.717) is 18.1 Å². The molecule has 1 saturated carbocycles. The second-order valence-corrected chi connectivity index (χ2v) is 5.82. The van der Waals surface area contributed by atoms with Gasteiger partial charge in [-0.1, -0.05) is 19.3 Å². The van der Waals surface area contributed by atoms with Crippen LogP contribution in [-0.4, -0.2) is 43.8 Å². The molecule has 2 rings (SSSR count). The van der Waals surface area contributed by atoms with Gasteiger partial charge in [-0.05, 0) is 38.1 Å². The zero-order valence-electron chi connectivity index (χ0n) is 11.2. The SMILES string of the molecule is COC1CCCN(CC2CCCCCC2N)C1. The molecule has 0 aromatic rings. The first kappa shape index (κ1) is 13.3. The lowest BCUT2D eigenvalue weighted by atomic mass is 9.94. The minimum atomic E-state index is 0.431. The van der Waals surface area contributed by atoms with E-state index in [2.05, 4.69) is 4.90 Å². The van der Waals surface area contributed by atoms with E-state index in [0.717, 1.165) is 6.54 Å². The van der Waals surface area contributed by atoms with Crippen molar-refractivity contribution in [2.75, 3.05) is 26.7 Å². The lowest BCUT2D eigenvalue weighted by Crippen LogP contribution is -2.45. The van der Waals surface area contributed by atoms with Crippen LogP contribution >= 0.6 is 0 Å². The molecule has 2 N–H and O–H groups in total. The molecule has 3 unspecified atom stereocenters. The van der Waals surface area contributed by atoms with Gasteiger partial charge in [0, 0.05) is 26.2 Å². The molecule has 2 fully saturated rings. The molecule has 3 nitrogen and oxygen atoms in total. The van der Waals surface area contributed by atoms with Crippen molar-refractivity contribution in [1.29, 1.82) is 0 Å². The van der Waals surface area contributed by atoms with E-state index in [1.165, 1.54) is 58.0 Å². The van der Waals surface area contributed by atoms with E-state index in [-0.39, 0.29) is 0 Å². The minimum Gasteiger partial charge on any atom is -0.380 e. The highest BCUT2D eigenvalue weighted by atomic mass is 16.5. The first-order valence-corrected chi connectivity index (χ1v) is 7.30. The number of nitrogens with zero attached hydrogens (tertiary/aromatic N) is 1. The fraction of sp³-hybridized carbons (Fsp3) is 1.00. The van der Waals surface area contributed by atoms with E-state index in [9.17, 15) is 0 Å². The van der Waals surface area contributed by atoms with Gasteiger partial charge in [0.15, 0.2) is 0 Å². The topological polar surface area (TPSA) is 38.5 Å². The van der Waals surface area contributed by atoms with Crippen LogP contribution in [0.25, 0.3) is 0 Å². The van der Waals surface area contributed by atoms with Crippen LogP contribution in [0.15, 0.2) is 0 Å². The molecular formula is C14H28N2O. The second kappa shape index (κ2) is 6.72. The van der Waals surface area contributed by atoms with Crippen molar-refractivity contribution in [3.8, 4) is 0 Å². The van der Waals surface area contributed by atoms with Gasteiger partial charge in [-0.25, -0.2) is 0 Å². The number of nitrogens with two attached hydrogens (primary N) is 1. The summed E-state index contributed by atoms with van der Waals surface area (Å²) in [4.78, 5) is 2.58. The van der Waals surface area contributed by atoms with Gasteiger partial charge in [0.05, 0.1) is 6.10 Å². The summed E-state index contributed by atoms with van der Waals surface area (Å²) in [5.74, 6) is 0.716. The fourth-order valence-electron chi connectivity index (χ4n) is 3.34. The second-order valence-electron chi connectivity index (χ2n) is 5.82. The Morgan fingerprint density at radius 2 is 1.94 bits per heavy atom. The van der Waals surface area contributed by atoms with E-state index in [1.54, 1.807) is 0 Å². The van der Waals surface area contributed by atoms with Crippen LogP contribution in [0.4, 0.5) is 0 Å². The lowest BCUT2D eigenvalue weighted by molar-refractivity contribution is 0.0239. The first-order valence-electron chi connectivity index (χ1n) is 7.30. The van der Waals surface area contributed by atoms with Gasteiger partial charge in [-0.2, -0.15) is 0 Å². The highest BCUT2D eigenvalue weighted by Crippen LogP contribution is 2.24. The van der Waals surface area contributed by atoms with Crippen molar-refractivity contribution in [2.45, 2.75) is 57.1 Å².